The van der Waals surface area contributed by atoms with Gasteiger partial charge in [-0.25, -0.2) is 4.98 Å². The smallest absolute Gasteiger partial charge is 0.251 e. The van der Waals surface area contributed by atoms with Crippen molar-refractivity contribution in [3.05, 3.63) is 59.7 Å². The van der Waals surface area contributed by atoms with Gasteiger partial charge in [0.1, 0.15) is 6.04 Å². The lowest BCUT2D eigenvalue weighted by Crippen LogP contribution is -2.44. The van der Waals surface area contributed by atoms with Crippen LogP contribution >= 0.6 is 11.8 Å². The number of aromatic amines is 1. The molecule has 0 fully saturated rings. The summed E-state index contributed by atoms with van der Waals surface area (Å²) in [7, 11) is 0. The number of aromatic nitrogens is 2. The lowest BCUT2D eigenvalue weighted by molar-refractivity contribution is -0.122. The fourth-order valence-corrected chi connectivity index (χ4v) is 3.49. The minimum Gasteiger partial charge on any atom is -0.354 e. The molecule has 3 rings (SSSR count). The maximum Gasteiger partial charge on any atom is 0.251 e. The Morgan fingerprint density at radius 1 is 1.14 bits per heavy atom. The number of carbonyl (C=O) groups excluding carboxylic acids is 2. The Morgan fingerprint density at radius 3 is 2.61 bits per heavy atom. The predicted octanol–water partition coefficient (Wildman–Crippen LogP) is 3.50. The Labute approximate surface area is 168 Å². The molecule has 6 nitrogen and oxygen atoms in total. The van der Waals surface area contributed by atoms with Crippen LogP contribution in [0, 0.1) is 0 Å². The summed E-state index contributed by atoms with van der Waals surface area (Å²) >= 11 is 1.62. The number of imidazole rings is 1. The van der Waals surface area contributed by atoms with Crippen LogP contribution in [-0.2, 0) is 10.5 Å². The van der Waals surface area contributed by atoms with Crippen LogP contribution < -0.4 is 10.6 Å². The van der Waals surface area contributed by atoms with E-state index in [2.05, 4.69) is 20.6 Å². The number of para-hydroxylation sites is 2. The number of hydrogen-bond acceptors (Lipinski definition) is 4. The van der Waals surface area contributed by atoms with E-state index in [-0.39, 0.29) is 11.8 Å². The Bertz CT molecular complexity index is 919. The van der Waals surface area contributed by atoms with E-state index in [1.807, 2.05) is 43.3 Å². The van der Waals surface area contributed by atoms with Crippen molar-refractivity contribution in [2.24, 2.45) is 0 Å². The molecule has 0 bridgehead atoms. The Hall–Kier alpha value is -2.80. The van der Waals surface area contributed by atoms with Crippen molar-refractivity contribution in [1.82, 2.24) is 20.6 Å². The molecule has 28 heavy (non-hydrogen) atoms. The summed E-state index contributed by atoms with van der Waals surface area (Å²) in [4.78, 5) is 32.0. The fourth-order valence-electron chi connectivity index (χ4n) is 2.65. The number of nitrogens with zero attached hydrogens (tertiary/aromatic N) is 1. The molecule has 7 heteroatoms. The molecule has 1 unspecified atom stereocenters. The number of benzene rings is 2. The lowest BCUT2D eigenvalue weighted by atomic mass is 10.1. The maximum atomic E-state index is 12.3. The van der Waals surface area contributed by atoms with Gasteiger partial charge in [-0.3, -0.25) is 9.59 Å². The third-order valence-electron chi connectivity index (χ3n) is 4.25. The van der Waals surface area contributed by atoms with Gasteiger partial charge in [-0.2, -0.15) is 0 Å². The minimum absolute atomic E-state index is 0.172. The number of nitrogens with one attached hydrogen (secondary N) is 3. The van der Waals surface area contributed by atoms with Crippen LogP contribution in [0.5, 0.6) is 0 Å². The van der Waals surface area contributed by atoms with E-state index in [1.54, 1.807) is 30.8 Å². The molecule has 0 saturated carbocycles. The van der Waals surface area contributed by atoms with Crippen molar-refractivity contribution in [1.29, 1.82) is 0 Å². The predicted molar refractivity (Wildman–Crippen MR) is 112 cm³/mol. The van der Waals surface area contributed by atoms with Crippen LogP contribution in [0.1, 0.15) is 36.2 Å². The Kier molecular flexibility index (Phi) is 6.71. The number of H-pyrrole nitrogens is 1. The molecular formula is C21H24N4O2S. The van der Waals surface area contributed by atoms with Gasteiger partial charge in [-0.1, -0.05) is 43.0 Å². The summed E-state index contributed by atoms with van der Waals surface area (Å²) in [6, 6.07) is 14.8. The van der Waals surface area contributed by atoms with Gasteiger partial charge in [-0.05, 0) is 43.2 Å². The monoisotopic (exact) mass is 396 g/mol. The quantitative estimate of drug-likeness (QED) is 0.509. The van der Waals surface area contributed by atoms with E-state index in [9.17, 15) is 9.59 Å². The van der Waals surface area contributed by atoms with Gasteiger partial charge in [0.15, 0.2) is 5.16 Å². The first-order chi connectivity index (χ1) is 13.6. The highest BCUT2D eigenvalue weighted by molar-refractivity contribution is 7.98. The van der Waals surface area contributed by atoms with Crippen molar-refractivity contribution in [2.75, 3.05) is 6.54 Å². The molecule has 0 aliphatic carbocycles. The van der Waals surface area contributed by atoms with Gasteiger partial charge in [0.05, 0.1) is 11.0 Å². The molecule has 0 aliphatic rings. The second kappa shape index (κ2) is 9.41. The molecule has 3 aromatic rings. The number of rotatable bonds is 8. The van der Waals surface area contributed by atoms with Crippen LogP contribution in [0.3, 0.4) is 0 Å². The normalized spacial score (nSPS) is 11.9. The standard InChI is InChI=1S/C21H24N4O2S/c1-3-12-22-19(26)14(2)23-20(27)16-10-8-15(9-11-16)13-28-21-24-17-6-4-5-7-18(17)25-21/h4-11,14H,3,12-13H2,1-2H3,(H,22,26)(H,23,27)(H,24,25). The van der Waals surface area contributed by atoms with Gasteiger partial charge in [-0.15, -0.1) is 0 Å². The van der Waals surface area contributed by atoms with E-state index >= 15 is 0 Å². The van der Waals surface area contributed by atoms with E-state index in [0.717, 1.165) is 33.9 Å². The van der Waals surface area contributed by atoms with Crippen LogP contribution in [0.25, 0.3) is 11.0 Å². The molecule has 1 aromatic heterocycles. The van der Waals surface area contributed by atoms with Crippen molar-refractivity contribution in [3.63, 3.8) is 0 Å². The van der Waals surface area contributed by atoms with E-state index in [4.69, 9.17) is 0 Å². The molecule has 2 amide bonds. The van der Waals surface area contributed by atoms with Gasteiger partial charge in [0.25, 0.3) is 5.91 Å². The van der Waals surface area contributed by atoms with Crippen LogP contribution in [0.4, 0.5) is 0 Å². The van der Waals surface area contributed by atoms with Crippen LogP contribution in [0.2, 0.25) is 0 Å². The molecular weight excluding hydrogens is 372 g/mol. The van der Waals surface area contributed by atoms with Crippen molar-refractivity contribution in [2.45, 2.75) is 37.2 Å². The number of thioether (sulfide) groups is 1. The fraction of sp³-hybridized carbons (Fsp3) is 0.286. The summed E-state index contributed by atoms with van der Waals surface area (Å²) in [5.74, 6) is 0.321. The van der Waals surface area contributed by atoms with Gasteiger partial charge >= 0.3 is 0 Å². The van der Waals surface area contributed by atoms with Crippen molar-refractivity contribution >= 4 is 34.6 Å². The molecule has 0 spiro atoms. The van der Waals surface area contributed by atoms with E-state index in [0.29, 0.717) is 12.1 Å². The number of amides is 2. The highest BCUT2D eigenvalue weighted by Gasteiger charge is 2.16. The minimum atomic E-state index is -0.567. The molecule has 146 valence electrons. The molecule has 0 radical (unpaired) electrons. The number of carbonyl (C=O) groups is 2. The van der Waals surface area contributed by atoms with Crippen molar-refractivity contribution in [3.8, 4) is 0 Å². The first-order valence-corrected chi connectivity index (χ1v) is 10.3. The first kappa shape index (κ1) is 19.9. The summed E-state index contributed by atoms with van der Waals surface area (Å²) < 4.78 is 0. The third-order valence-corrected chi connectivity index (χ3v) is 5.19. The topological polar surface area (TPSA) is 86.9 Å². The lowest BCUT2D eigenvalue weighted by Gasteiger charge is -2.14. The third kappa shape index (κ3) is 5.13. The number of fused-ring (bicyclic) bond motifs is 1. The largest absolute Gasteiger partial charge is 0.354 e. The highest BCUT2D eigenvalue weighted by atomic mass is 32.2. The SMILES string of the molecule is CCCNC(=O)C(C)NC(=O)c1ccc(CSc2nc3ccccc3[nH]2)cc1. The second-order valence-corrected chi connectivity index (χ2v) is 7.49. The highest BCUT2D eigenvalue weighted by Crippen LogP contribution is 2.23. The summed E-state index contributed by atoms with van der Waals surface area (Å²) in [6.45, 7) is 4.27. The molecule has 0 saturated heterocycles. The summed E-state index contributed by atoms with van der Waals surface area (Å²) in [6.07, 6.45) is 0.861. The average molecular weight is 397 g/mol. The summed E-state index contributed by atoms with van der Waals surface area (Å²) in [5, 5.41) is 6.37. The molecule has 1 heterocycles. The maximum absolute atomic E-state index is 12.3. The Morgan fingerprint density at radius 2 is 1.89 bits per heavy atom. The molecule has 1 atom stereocenters. The second-order valence-electron chi connectivity index (χ2n) is 6.53. The Balaban J connectivity index is 1.53. The van der Waals surface area contributed by atoms with Crippen molar-refractivity contribution < 1.29 is 9.59 Å². The van der Waals surface area contributed by atoms with Gasteiger partial charge in [0, 0.05) is 17.9 Å². The number of hydrogen-bond donors (Lipinski definition) is 3. The zero-order valence-corrected chi connectivity index (χ0v) is 16.8. The zero-order valence-electron chi connectivity index (χ0n) is 16.0. The van der Waals surface area contributed by atoms with E-state index in [1.165, 1.54) is 0 Å². The van der Waals surface area contributed by atoms with Gasteiger partial charge in [0.2, 0.25) is 5.91 Å². The van der Waals surface area contributed by atoms with E-state index < -0.39 is 6.04 Å². The summed E-state index contributed by atoms with van der Waals surface area (Å²) in [5.41, 5.74) is 3.60. The average Bonchev–Trinajstić information content (AvgIpc) is 3.13. The molecule has 3 N–H and O–H groups in total. The zero-order chi connectivity index (χ0) is 19.9. The molecule has 2 aromatic carbocycles. The first-order valence-electron chi connectivity index (χ1n) is 9.32. The van der Waals surface area contributed by atoms with Gasteiger partial charge < -0.3 is 15.6 Å². The molecule has 0 aliphatic heterocycles. The van der Waals surface area contributed by atoms with Crippen LogP contribution in [-0.4, -0.2) is 34.4 Å². The van der Waals surface area contributed by atoms with Crippen LogP contribution in [0.15, 0.2) is 53.7 Å².